The monoisotopic (exact) mass is 254 g/mol. The maximum atomic E-state index is 11.9. The van der Waals surface area contributed by atoms with Gasteiger partial charge in [0.05, 0.1) is 12.6 Å². The summed E-state index contributed by atoms with van der Waals surface area (Å²) in [6, 6.07) is 4.36. The second-order valence-electron chi connectivity index (χ2n) is 4.31. The molecule has 1 N–H and O–H groups in total. The van der Waals surface area contributed by atoms with Crippen molar-refractivity contribution in [2.75, 3.05) is 20.1 Å². The highest BCUT2D eigenvalue weighted by molar-refractivity contribution is 7.12. The zero-order valence-electron chi connectivity index (χ0n) is 11.1. The van der Waals surface area contributed by atoms with E-state index in [1.165, 1.54) is 9.75 Å². The molecule has 0 saturated heterocycles. The van der Waals surface area contributed by atoms with E-state index >= 15 is 0 Å². The largest absolute Gasteiger partial charge is 0.337 e. The Labute approximate surface area is 108 Å². The van der Waals surface area contributed by atoms with Crippen LogP contribution in [0.3, 0.4) is 0 Å². The second-order valence-corrected chi connectivity index (χ2v) is 5.63. The Morgan fingerprint density at radius 1 is 1.53 bits per heavy atom. The van der Waals surface area contributed by atoms with Gasteiger partial charge in [0.25, 0.3) is 0 Å². The van der Waals surface area contributed by atoms with Crippen molar-refractivity contribution in [3.8, 4) is 0 Å². The van der Waals surface area contributed by atoms with E-state index in [4.69, 9.17) is 0 Å². The Bertz CT molecular complexity index is 362. The van der Waals surface area contributed by atoms with Crippen molar-refractivity contribution in [1.82, 2.24) is 10.2 Å². The number of hydrogen-bond acceptors (Lipinski definition) is 3. The van der Waals surface area contributed by atoms with Crippen LogP contribution >= 0.6 is 11.3 Å². The van der Waals surface area contributed by atoms with Crippen LogP contribution in [0, 0.1) is 6.92 Å². The summed E-state index contributed by atoms with van der Waals surface area (Å²) in [5.41, 5.74) is 0. The molecule has 0 aliphatic heterocycles. The first-order chi connectivity index (χ1) is 8.06. The SMILES string of the molecule is CCCNCC(=O)N(C)C(C)c1ccc(C)s1. The molecule has 0 radical (unpaired) electrons. The Balaban J connectivity index is 2.51. The van der Waals surface area contributed by atoms with Gasteiger partial charge in [0.15, 0.2) is 0 Å². The van der Waals surface area contributed by atoms with E-state index in [9.17, 15) is 4.79 Å². The molecule has 1 atom stereocenters. The number of thiophene rings is 1. The van der Waals surface area contributed by atoms with Crippen LogP contribution < -0.4 is 5.32 Å². The van der Waals surface area contributed by atoms with Gasteiger partial charge in [-0.15, -0.1) is 11.3 Å². The molecule has 1 unspecified atom stereocenters. The molecular formula is C13H22N2OS. The van der Waals surface area contributed by atoms with E-state index in [-0.39, 0.29) is 11.9 Å². The van der Waals surface area contributed by atoms with Gasteiger partial charge in [-0.2, -0.15) is 0 Å². The van der Waals surface area contributed by atoms with Crippen molar-refractivity contribution in [2.45, 2.75) is 33.2 Å². The lowest BCUT2D eigenvalue weighted by molar-refractivity contribution is -0.130. The summed E-state index contributed by atoms with van der Waals surface area (Å²) in [6.07, 6.45) is 1.05. The molecule has 0 saturated carbocycles. The molecule has 3 nitrogen and oxygen atoms in total. The minimum atomic E-state index is 0.150. The average molecular weight is 254 g/mol. The molecule has 1 amide bonds. The number of nitrogens with zero attached hydrogens (tertiary/aromatic N) is 1. The first kappa shape index (κ1) is 14.2. The third-order valence-electron chi connectivity index (χ3n) is 2.85. The van der Waals surface area contributed by atoms with E-state index in [0.717, 1.165) is 13.0 Å². The lowest BCUT2D eigenvalue weighted by Gasteiger charge is -2.24. The normalized spacial score (nSPS) is 12.5. The van der Waals surface area contributed by atoms with Gasteiger partial charge in [0.1, 0.15) is 0 Å². The molecule has 1 aromatic rings. The maximum Gasteiger partial charge on any atom is 0.236 e. The summed E-state index contributed by atoms with van der Waals surface area (Å²) in [6.45, 7) is 7.58. The second kappa shape index (κ2) is 6.77. The maximum absolute atomic E-state index is 11.9. The Morgan fingerprint density at radius 3 is 2.76 bits per heavy atom. The van der Waals surface area contributed by atoms with Crippen LogP contribution in [0.4, 0.5) is 0 Å². The van der Waals surface area contributed by atoms with Crippen molar-refractivity contribution < 1.29 is 4.79 Å². The highest BCUT2D eigenvalue weighted by atomic mass is 32.1. The van der Waals surface area contributed by atoms with E-state index in [2.05, 4.69) is 38.2 Å². The number of nitrogens with one attached hydrogen (secondary N) is 1. The van der Waals surface area contributed by atoms with Gasteiger partial charge in [0.2, 0.25) is 5.91 Å². The Hall–Kier alpha value is -0.870. The first-order valence-electron chi connectivity index (χ1n) is 6.09. The number of amides is 1. The van der Waals surface area contributed by atoms with Crippen LogP contribution in [0.25, 0.3) is 0 Å². The van der Waals surface area contributed by atoms with Gasteiger partial charge < -0.3 is 10.2 Å². The Morgan fingerprint density at radius 2 is 2.24 bits per heavy atom. The fourth-order valence-electron chi connectivity index (χ4n) is 1.58. The lowest BCUT2D eigenvalue weighted by atomic mass is 10.2. The molecule has 96 valence electrons. The number of hydrogen-bond donors (Lipinski definition) is 1. The van der Waals surface area contributed by atoms with Crippen molar-refractivity contribution in [3.05, 3.63) is 21.9 Å². The number of carbonyl (C=O) groups is 1. The molecule has 4 heteroatoms. The standard InChI is InChI=1S/C13H22N2OS/c1-5-8-14-9-13(16)15(4)11(3)12-7-6-10(2)17-12/h6-7,11,14H,5,8-9H2,1-4H3. The summed E-state index contributed by atoms with van der Waals surface area (Å²) in [4.78, 5) is 16.3. The van der Waals surface area contributed by atoms with Crippen LogP contribution in [-0.2, 0) is 4.79 Å². The van der Waals surface area contributed by atoms with E-state index < -0.39 is 0 Å². The van der Waals surface area contributed by atoms with Crippen LogP contribution in [0.2, 0.25) is 0 Å². The van der Waals surface area contributed by atoms with Crippen LogP contribution in [0.5, 0.6) is 0 Å². The molecule has 0 aliphatic carbocycles. The van der Waals surface area contributed by atoms with Crippen molar-refractivity contribution in [1.29, 1.82) is 0 Å². The van der Waals surface area contributed by atoms with E-state index in [0.29, 0.717) is 6.54 Å². The van der Waals surface area contributed by atoms with Crippen molar-refractivity contribution in [2.24, 2.45) is 0 Å². The molecular weight excluding hydrogens is 232 g/mol. The Kier molecular flexibility index (Phi) is 5.65. The number of carbonyl (C=O) groups excluding carboxylic acids is 1. The summed E-state index contributed by atoms with van der Waals surface area (Å²) in [5, 5.41) is 3.14. The van der Waals surface area contributed by atoms with Gasteiger partial charge in [-0.1, -0.05) is 6.92 Å². The fraction of sp³-hybridized carbons (Fsp3) is 0.615. The third kappa shape index (κ3) is 4.13. The van der Waals surface area contributed by atoms with Crippen LogP contribution in [0.1, 0.15) is 36.1 Å². The summed E-state index contributed by atoms with van der Waals surface area (Å²) in [7, 11) is 1.87. The highest BCUT2D eigenvalue weighted by Crippen LogP contribution is 2.26. The van der Waals surface area contributed by atoms with Gasteiger partial charge in [-0.25, -0.2) is 0 Å². The summed E-state index contributed by atoms with van der Waals surface area (Å²) < 4.78 is 0. The fourth-order valence-corrected chi connectivity index (χ4v) is 2.55. The predicted octanol–water partition coefficient (Wildman–Crippen LogP) is 2.58. The zero-order chi connectivity index (χ0) is 12.8. The molecule has 1 aromatic heterocycles. The smallest absolute Gasteiger partial charge is 0.236 e. The van der Waals surface area contributed by atoms with Crippen LogP contribution in [-0.4, -0.2) is 30.9 Å². The highest BCUT2D eigenvalue weighted by Gasteiger charge is 2.17. The molecule has 0 aromatic carbocycles. The number of aryl methyl sites for hydroxylation is 1. The van der Waals surface area contributed by atoms with E-state index in [1.54, 1.807) is 11.3 Å². The molecule has 0 bridgehead atoms. The summed E-state index contributed by atoms with van der Waals surface area (Å²) >= 11 is 1.76. The first-order valence-corrected chi connectivity index (χ1v) is 6.90. The molecule has 1 rings (SSSR count). The predicted molar refractivity (Wildman–Crippen MR) is 73.4 cm³/mol. The van der Waals surface area contributed by atoms with Gasteiger partial charge in [-0.3, -0.25) is 4.79 Å². The van der Waals surface area contributed by atoms with Gasteiger partial charge in [-0.05, 0) is 38.9 Å². The molecule has 0 spiro atoms. The molecule has 0 aliphatic rings. The lowest BCUT2D eigenvalue weighted by Crippen LogP contribution is -2.37. The average Bonchev–Trinajstić information content (AvgIpc) is 2.74. The third-order valence-corrected chi connectivity index (χ3v) is 4.02. The molecule has 1 heterocycles. The quantitative estimate of drug-likeness (QED) is 0.791. The number of rotatable bonds is 6. The molecule has 17 heavy (non-hydrogen) atoms. The zero-order valence-corrected chi connectivity index (χ0v) is 11.9. The van der Waals surface area contributed by atoms with E-state index in [1.807, 2.05) is 11.9 Å². The van der Waals surface area contributed by atoms with Crippen molar-refractivity contribution in [3.63, 3.8) is 0 Å². The minimum Gasteiger partial charge on any atom is -0.337 e. The topological polar surface area (TPSA) is 32.3 Å². The van der Waals surface area contributed by atoms with Crippen molar-refractivity contribution >= 4 is 17.2 Å². The minimum absolute atomic E-state index is 0.150. The van der Waals surface area contributed by atoms with Gasteiger partial charge >= 0.3 is 0 Å². The summed E-state index contributed by atoms with van der Waals surface area (Å²) in [5.74, 6) is 0.150. The number of likely N-dealkylation sites (N-methyl/N-ethyl adjacent to an activating group) is 1. The van der Waals surface area contributed by atoms with Gasteiger partial charge in [0, 0.05) is 16.8 Å². The molecule has 0 fully saturated rings. The van der Waals surface area contributed by atoms with Crippen LogP contribution in [0.15, 0.2) is 12.1 Å².